The van der Waals surface area contributed by atoms with Crippen molar-refractivity contribution in [2.24, 2.45) is 0 Å². The fourth-order valence-corrected chi connectivity index (χ4v) is 4.60. The largest absolute Gasteiger partial charge is 0.382 e. The van der Waals surface area contributed by atoms with Crippen molar-refractivity contribution in [1.82, 2.24) is 20.4 Å². The summed E-state index contributed by atoms with van der Waals surface area (Å²) in [5.41, 5.74) is 8.47. The van der Waals surface area contributed by atoms with Crippen molar-refractivity contribution in [3.8, 4) is 34.0 Å². The van der Waals surface area contributed by atoms with Crippen LogP contribution in [0.4, 0.5) is 14.6 Å². The van der Waals surface area contributed by atoms with Gasteiger partial charge < -0.3 is 15.6 Å². The average molecular weight is 528 g/mol. The van der Waals surface area contributed by atoms with E-state index >= 15 is 0 Å². The third kappa shape index (κ3) is 5.67. The van der Waals surface area contributed by atoms with Gasteiger partial charge in [-0.3, -0.25) is 0 Å². The summed E-state index contributed by atoms with van der Waals surface area (Å²) in [6.07, 6.45) is 1.47. The van der Waals surface area contributed by atoms with Crippen LogP contribution in [0.15, 0.2) is 64.1 Å². The van der Waals surface area contributed by atoms with Gasteiger partial charge in [0.05, 0.1) is 22.0 Å². The van der Waals surface area contributed by atoms with Gasteiger partial charge in [-0.15, -0.1) is 0 Å². The van der Waals surface area contributed by atoms with Gasteiger partial charge in [0.2, 0.25) is 0 Å². The lowest BCUT2D eigenvalue weighted by Gasteiger charge is -2.10. The number of hydrogen-bond acceptors (Lipinski definition) is 8. The van der Waals surface area contributed by atoms with E-state index in [1.165, 1.54) is 30.5 Å². The van der Waals surface area contributed by atoms with Crippen molar-refractivity contribution in [3.63, 3.8) is 0 Å². The fraction of sp³-hybridized carbons (Fsp3) is 0.269. The number of alkyl halides is 1. The van der Waals surface area contributed by atoms with E-state index < -0.39 is 27.6 Å². The van der Waals surface area contributed by atoms with Gasteiger partial charge >= 0.3 is 0 Å². The molecule has 1 atom stereocenters. The summed E-state index contributed by atoms with van der Waals surface area (Å²) in [7, 11) is -3.40. The maximum absolute atomic E-state index is 14.8. The smallest absolute Gasteiger partial charge is 0.189 e. The van der Waals surface area contributed by atoms with Crippen molar-refractivity contribution in [1.29, 1.82) is 0 Å². The number of aromatic nitrogens is 3. The molecule has 0 spiro atoms. The Morgan fingerprint density at radius 2 is 1.78 bits per heavy atom. The second-order valence-electron chi connectivity index (χ2n) is 8.93. The van der Waals surface area contributed by atoms with Crippen molar-refractivity contribution < 1.29 is 21.7 Å². The summed E-state index contributed by atoms with van der Waals surface area (Å²) in [4.78, 5) is 8.93. The molecule has 0 aliphatic carbocycles. The zero-order valence-electron chi connectivity index (χ0n) is 20.6. The van der Waals surface area contributed by atoms with Gasteiger partial charge in [-0.1, -0.05) is 23.4 Å². The second kappa shape index (κ2) is 10.7. The molecule has 3 N–H and O–H groups in total. The van der Waals surface area contributed by atoms with Gasteiger partial charge in [0, 0.05) is 29.8 Å². The van der Waals surface area contributed by atoms with E-state index in [0.717, 1.165) is 0 Å². The molecule has 0 radical (unpaired) electrons. The molecule has 4 rings (SSSR count). The van der Waals surface area contributed by atoms with E-state index in [2.05, 4.69) is 20.4 Å². The second-order valence-corrected chi connectivity index (χ2v) is 11.4. The highest BCUT2D eigenvalue weighted by molar-refractivity contribution is 7.92. The molecule has 2 heterocycles. The first-order chi connectivity index (χ1) is 17.6. The summed E-state index contributed by atoms with van der Waals surface area (Å²) in [5, 5.41) is 6.40. The molecule has 0 fully saturated rings. The first-order valence-corrected chi connectivity index (χ1v) is 13.2. The molecule has 11 heteroatoms. The molecular weight excluding hydrogens is 500 g/mol. The lowest BCUT2D eigenvalue weighted by Crippen LogP contribution is -2.27. The maximum Gasteiger partial charge on any atom is 0.189 e. The van der Waals surface area contributed by atoms with Crippen LogP contribution < -0.4 is 11.1 Å². The Bertz CT molecular complexity index is 1510. The quantitative estimate of drug-likeness (QED) is 0.318. The Hall–Kier alpha value is -3.70. The molecule has 0 amide bonds. The van der Waals surface area contributed by atoms with Crippen LogP contribution in [0, 0.1) is 5.82 Å². The minimum Gasteiger partial charge on any atom is -0.382 e. The number of benzene rings is 2. The SMILES string of the molecule is CC(CF)NCc1ccc(-c2cc(-c3nc(-c4ccc(S(=O)(=O)C(C)C)cc4)cnc3N)on2)c(F)c1. The van der Waals surface area contributed by atoms with Crippen molar-refractivity contribution in [3.05, 3.63) is 66.1 Å². The molecule has 0 saturated carbocycles. The highest BCUT2D eigenvalue weighted by atomic mass is 32.2. The van der Waals surface area contributed by atoms with Gasteiger partial charge in [0.15, 0.2) is 27.1 Å². The van der Waals surface area contributed by atoms with Gasteiger partial charge in [0.25, 0.3) is 0 Å². The van der Waals surface area contributed by atoms with Crippen LogP contribution in [-0.4, -0.2) is 41.5 Å². The number of nitrogens with two attached hydrogens (primary N) is 1. The van der Waals surface area contributed by atoms with Crippen molar-refractivity contribution >= 4 is 15.7 Å². The number of nitrogens with zero attached hydrogens (tertiary/aromatic N) is 3. The van der Waals surface area contributed by atoms with Crippen LogP contribution in [-0.2, 0) is 16.4 Å². The van der Waals surface area contributed by atoms with Crippen LogP contribution in [0.2, 0.25) is 0 Å². The highest BCUT2D eigenvalue weighted by Gasteiger charge is 2.20. The Kier molecular flexibility index (Phi) is 7.65. The summed E-state index contributed by atoms with van der Waals surface area (Å²) in [6.45, 7) is 4.77. The zero-order chi connectivity index (χ0) is 26.7. The molecule has 1 unspecified atom stereocenters. The van der Waals surface area contributed by atoms with Crippen LogP contribution in [0.5, 0.6) is 0 Å². The van der Waals surface area contributed by atoms with Crippen molar-refractivity contribution in [2.45, 2.75) is 43.5 Å². The van der Waals surface area contributed by atoms with E-state index in [-0.39, 0.29) is 39.5 Å². The molecule has 4 aromatic rings. The van der Waals surface area contributed by atoms with Gasteiger partial charge in [-0.25, -0.2) is 27.2 Å². The molecule has 0 saturated heterocycles. The Balaban J connectivity index is 1.59. The minimum absolute atomic E-state index is 0.0920. The molecule has 37 heavy (non-hydrogen) atoms. The van der Waals surface area contributed by atoms with Crippen LogP contribution in [0.1, 0.15) is 26.3 Å². The first-order valence-electron chi connectivity index (χ1n) is 11.6. The predicted molar refractivity (Wildman–Crippen MR) is 137 cm³/mol. The summed E-state index contributed by atoms with van der Waals surface area (Å²) >= 11 is 0. The molecule has 0 aliphatic rings. The number of nitrogens with one attached hydrogen (secondary N) is 1. The lowest BCUT2D eigenvalue weighted by molar-refractivity contribution is 0.391. The van der Waals surface area contributed by atoms with Gasteiger partial charge in [-0.05, 0) is 50.6 Å². The first kappa shape index (κ1) is 26.4. The Morgan fingerprint density at radius 1 is 1.05 bits per heavy atom. The number of rotatable bonds is 9. The van der Waals surface area contributed by atoms with E-state index in [1.54, 1.807) is 45.0 Å². The highest BCUT2D eigenvalue weighted by Crippen LogP contribution is 2.31. The fourth-order valence-electron chi connectivity index (χ4n) is 3.54. The van der Waals surface area contributed by atoms with Gasteiger partial charge in [-0.2, -0.15) is 0 Å². The van der Waals surface area contributed by atoms with Gasteiger partial charge in [0.1, 0.15) is 18.2 Å². The van der Waals surface area contributed by atoms with E-state index in [1.807, 2.05) is 0 Å². The van der Waals surface area contributed by atoms with E-state index in [4.69, 9.17) is 10.3 Å². The van der Waals surface area contributed by atoms with Crippen LogP contribution >= 0.6 is 0 Å². The molecule has 8 nitrogen and oxygen atoms in total. The number of halogens is 2. The minimum atomic E-state index is -3.40. The molecule has 2 aromatic heterocycles. The number of anilines is 1. The number of sulfone groups is 1. The topological polar surface area (TPSA) is 124 Å². The van der Waals surface area contributed by atoms with E-state index in [0.29, 0.717) is 23.4 Å². The van der Waals surface area contributed by atoms with Crippen LogP contribution in [0.25, 0.3) is 34.0 Å². The maximum atomic E-state index is 14.8. The average Bonchev–Trinajstić information content (AvgIpc) is 3.37. The molecule has 194 valence electrons. The summed E-state index contributed by atoms with van der Waals surface area (Å²) in [5.74, 6) is -0.214. The standard InChI is InChI=1S/C26H27F2N5O3S/c1-15(2)37(34,35)19-7-5-18(6-8-19)23-14-31-26(29)25(32-23)24-11-22(33-36-24)20-9-4-17(10-21(20)28)13-30-16(3)12-27/h4-11,14-16,30H,12-13H2,1-3H3,(H2,29,31). The molecule has 0 aliphatic heterocycles. The predicted octanol–water partition coefficient (Wildman–Crippen LogP) is 4.82. The Morgan fingerprint density at radius 3 is 2.43 bits per heavy atom. The summed E-state index contributed by atoms with van der Waals surface area (Å²) < 4.78 is 57.6. The lowest BCUT2D eigenvalue weighted by atomic mass is 10.1. The molecular formula is C26H27F2N5O3S. The summed E-state index contributed by atoms with van der Waals surface area (Å²) in [6, 6.07) is 12.2. The number of hydrogen-bond donors (Lipinski definition) is 2. The third-order valence-corrected chi connectivity index (χ3v) is 8.01. The van der Waals surface area contributed by atoms with Crippen molar-refractivity contribution in [2.75, 3.05) is 12.4 Å². The van der Waals surface area contributed by atoms with E-state index in [9.17, 15) is 17.2 Å². The Labute approximate surface area is 213 Å². The third-order valence-electron chi connectivity index (χ3n) is 5.84. The molecule has 2 aromatic carbocycles. The molecule has 0 bridgehead atoms. The zero-order valence-corrected chi connectivity index (χ0v) is 21.4. The monoisotopic (exact) mass is 527 g/mol. The number of nitrogen functional groups attached to an aromatic ring is 1. The normalized spacial score (nSPS) is 12.7. The van der Waals surface area contributed by atoms with Crippen LogP contribution in [0.3, 0.4) is 0 Å².